The van der Waals surface area contributed by atoms with Crippen LogP contribution in [0.1, 0.15) is 30.9 Å². The number of ether oxygens (including phenoxy) is 1. The maximum atomic E-state index is 13.7. The lowest BCUT2D eigenvalue weighted by molar-refractivity contribution is 0.256. The molecule has 1 aromatic heterocycles. The van der Waals surface area contributed by atoms with Gasteiger partial charge in [-0.25, -0.2) is 4.39 Å². The summed E-state index contributed by atoms with van der Waals surface area (Å²) in [5, 5.41) is 3.37. The second-order valence-corrected chi connectivity index (χ2v) is 5.58. The van der Waals surface area contributed by atoms with Gasteiger partial charge >= 0.3 is 0 Å². The van der Waals surface area contributed by atoms with Gasteiger partial charge in [-0.1, -0.05) is 31.5 Å². The molecular formula is C16H19ClFNO2. The van der Waals surface area contributed by atoms with E-state index in [4.69, 9.17) is 20.8 Å². The first-order valence-corrected chi connectivity index (χ1v) is 7.23. The Labute approximate surface area is 129 Å². The van der Waals surface area contributed by atoms with Crippen molar-refractivity contribution in [2.45, 2.75) is 40.0 Å². The number of furan rings is 1. The van der Waals surface area contributed by atoms with Crippen molar-refractivity contribution in [1.29, 1.82) is 0 Å². The van der Waals surface area contributed by atoms with Gasteiger partial charge in [-0.2, -0.15) is 0 Å². The Hall–Kier alpha value is -1.52. The van der Waals surface area contributed by atoms with E-state index in [0.29, 0.717) is 11.8 Å². The van der Waals surface area contributed by atoms with E-state index in [1.165, 1.54) is 12.1 Å². The summed E-state index contributed by atoms with van der Waals surface area (Å²) in [5.74, 6) is 1.07. The zero-order valence-electron chi connectivity index (χ0n) is 12.4. The van der Waals surface area contributed by atoms with Gasteiger partial charge in [0.1, 0.15) is 18.1 Å². The van der Waals surface area contributed by atoms with Gasteiger partial charge in [-0.3, -0.25) is 0 Å². The summed E-state index contributed by atoms with van der Waals surface area (Å²) in [7, 11) is 0. The number of aryl methyl sites for hydroxylation is 1. The number of hydrogen-bond donors (Lipinski definition) is 1. The van der Waals surface area contributed by atoms with Crippen LogP contribution in [0.4, 0.5) is 4.39 Å². The zero-order chi connectivity index (χ0) is 15.4. The molecule has 2 aromatic rings. The summed E-state index contributed by atoms with van der Waals surface area (Å²) >= 11 is 5.71. The minimum Gasteiger partial charge on any atom is -0.483 e. The quantitative estimate of drug-likeness (QED) is 0.855. The van der Waals surface area contributed by atoms with Crippen molar-refractivity contribution in [3.8, 4) is 5.75 Å². The highest BCUT2D eigenvalue weighted by molar-refractivity contribution is 6.30. The number of halogens is 2. The average molecular weight is 312 g/mol. The van der Waals surface area contributed by atoms with Gasteiger partial charge < -0.3 is 14.5 Å². The summed E-state index contributed by atoms with van der Waals surface area (Å²) in [6, 6.07) is 6.99. The van der Waals surface area contributed by atoms with Crippen molar-refractivity contribution in [2.75, 3.05) is 0 Å². The van der Waals surface area contributed by atoms with Crippen molar-refractivity contribution in [1.82, 2.24) is 5.32 Å². The highest BCUT2D eigenvalue weighted by Crippen LogP contribution is 2.25. The minimum absolute atomic E-state index is 0.0462. The Kier molecular flexibility index (Phi) is 5.26. The van der Waals surface area contributed by atoms with Crippen LogP contribution >= 0.6 is 11.6 Å². The Morgan fingerprint density at radius 1 is 1.38 bits per heavy atom. The van der Waals surface area contributed by atoms with Crippen LogP contribution in [0, 0.1) is 12.7 Å². The lowest BCUT2D eigenvalue weighted by Crippen LogP contribution is -2.21. The summed E-state index contributed by atoms with van der Waals surface area (Å²) < 4.78 is 24.7. The molecule has 0 saturated heterocycles. The van der Waals surface area contributed by atoms with E-state index >= 15 is 0 Å². The molecule has 0 bridgehead atoms. The molecule has 1 N–H and O–H groups in total. The molecule has 1 heterocycles. The molecule has 5 heteroatoms. The summed E-state index contributed by atoms with van der Waals surface area (Å²) in [6.07, 6.45) is 0. The van der Waals surface area contributed by atoms with Gasteiger partial charge in [-0.05, 0) is 25.1 Å². The molecule has 3 nitrogen and oxygen atoms in total. The molecule has 0 fully saturated rings. The van der Waals surface area contributed by atoms with Crippen molar-refractivity contribution in [2.24, 2.45) is 0 Å². The third-order valence-electron chi connectivity index (χ3n) is 3.06. The second-order valence-electron chi connectivity index (χ2n) is 5.17. The lowest BCUT2D eigenvalue weighted by atomic mass is 10.2. The maximum absolute atomic E-state index is 13.7. The largest absolute Gasteiger partial charge is 0.483 e. The first-order chi connectivity index (χ1) is 9.97. The van der Waals surface area contributed by atoms with Crippen LogP contribution in [0.15, 0.2) is 28.7 Å². The number of benzene rings is 1. The van der Waals surface area contributed by atoms with Crippen LogP contribution in [0.25, 0.3) is 0 Å². The van der Waals surface area contributed by atoms with Crippen LogP contribution in [-0.2, 0) is 13.2 Å². The Bertz CT molecular complexity index is 610. The second kappa shape index (κ2) is 6.96. The molecule has 0 unspecified atom stereocenters. The van der Waals surface area contributed by atoms with Gasteiger partial charge in [-0.15, -0.1) is 0 Å². The van der Waals surface area contributed by atoms with Gasteiger partial charge in [0.05, 0.1) is 5.02 Å². The van der Waals surface area contributed by atoms with Crippen molar-refractivity contribution < 1.29 is 13.5 Å². The van der Waals surface area contributed by atoms with Crippen LogP contribution in [-0.4, -0.2) is 6.04 Å². The van der Waals surface area contributed by atoms with E-state index in [-0.39, 0.29) is 17.4 Å². The lowest BCUT2D eigenvalue weighted by Gasteiger charge is -2.06. The van der Waals surface area contributed by atoms with Gasteiger partial charge in [0.2, 0.25) is 0 Å². The van der Waals surface area contributed by atoms with Gasteiger partial charge in [0.15, 0.2) is 11.6 Å². The molecular weight excluding hydrogens is 293 g/mol. The third-order valence-corrected chi connectivity index (χ3v) is 3.35. The van der Waals surface area contributed by atoms with Crippen molar-refractivity contribution in [3.05, 3.63) is 52.2 Å². The Morgan fingerprint density at radius 3 is 2.86 bits per heavy atom. The summed E-state index contributed by atoms with van der Waals surface area (Å²) in [5.41, 5.74) is 1.08. The van der Waals surface area contributed by atoms with E-state index in [0.717, 1.165) is 17.9 Å². The Morgan fingerprint density at radius 2 is 2.14 bits per heavy atom. The molecule has 0 atom stereocenters. The molecule has 114 valence electrons. The van der Waals surface area contributed by atoms with Crippen molar-refractivity contribution >= 4 is 11.6 Å². The monoisotopic (exact) mass is 311 g/mol. The topological polar surface area (TPSA) is 34.4 Å². The van der Waals surface area contributed by atoms with Gasteiger partial charge in [0.25, 0.3) is 0 Å². The Balaban J connectivity index is 2.00. The summed E-state index contributed by atoms with van der Waals surface area (Å²) in [4.78, 5) is 0. The van der Waals surface area contributed by atoms with Crippen LogP contribution in [0.2, 0.25) is 5.02 Å². The molecule has 2 rings (SSSR count). The first kappa shape index (κ1) is 15.9. The predicted octanol–water partition coefficient (Wildman–Crippen LogP) is 4.46. The highest BCUT2D eigenvalue weighted by atomic mass is 35.5. The number of rotatable bonds is 6. The van der Waals surface area contributed by atoms with E-state index in [1.807, 2.05) is 13.0 Å². The van der Waals surface area contributed by atoms with Crippen LogP contribution in [0.5, 0.6) is 5.75 Å². The molecule has 0 spiro atoms. The number of nitrogens with one attached hydrogen (secondary N) is 1. The SMILES string of the molecule is Cc1oc(COc2cccc(Cl)c2F)cc1CNC(C)C. The number of hydrogen-bond acceptors (Lipinski definition) is 3. The molecule has 0 aliphatic heterocycles. The molecule has 0 aliphatic rings. The fraction of sp³-hybridized carbons (Fsp3) is 0.375. The predicted molar refractivity (Wildman–Crippen MR) is 81.2 cm³/mol. The molecule has 21 heavy (non-hydrogen) atoms. The minimum atomic E-state index is -0.552. The molecule has 0 saturated carbocycles. The molecule has 0 radical (unpaired) electrons. The van der Waals surface area contributed by atoms with Crippen LogP contribution < -0.4 is 10.1 Å². The molecule has 0 amide bonds. The zero-order valence-corrected chi connectivity index (χ0v) is 13.1. The van der Waals surface area contributed by atoms with Gasteiger partial charge in [0, 0.05) is 18.2 Å². The van der Waals surface area contributed by atoms with E-state index in [2.05, 4.69) is 19.2 Å². The van der Waals surface area contributed by atoms with E-state index in [9.17, 15) is 4.39 Å². The normalized spacial score (nSPS) is 11.1. The van der Waals surface area contributed by atoms with E-state index < -0.39 is 5.82 Å². The smallest absolute Gasteiger partial charge is 0.183 e. The molecule has 1 aromatic carbocycles. The molecule has 0 aliphatic carbocycles. The maximum Gasteiger partial charge on any atom is 0.183 e. The summed E-state index contributed by atoms with van der Waals surface area (Å²) in [6.45, 7) is 6.97. The van der Waals surface area contributed by atoms with Crippen LogP contribution in [0.3, 0.4) is 0 Å². The third kappa shape index (κ3) is 4.22. The fourth-order valence-electron chi connectivity index (χ4n) is 1.89. The fourth-order valence-corrected chi connectivity index (χ4v) is 2.06. The first-order valence-electron chi connectivity index (χ1n) is 6.85. The standard InChI is InChI=1S/C16H19ClFNO2/c1-10(2)19-8-12-7-13(21-11(12)3)9-20-15-6-4-5-14(17)16(15)18/h4-7,10,19H,8-9H2,1-3H3. The van der Waals surface area contributed by atoms with Crippen molar-refractivity contribution in [3.63, 3.8) is 0 Å². The highest BCUT2D eigenvalue weighted by Gasteiger charge is 2.11. The average Bonchev–Trinajstić information content (AvgIpc) is 2.78. The van der Waals surface area contributed by atoms with E-state index in [1.54, 1.807) is 6.07 Å².